The van der Waals surface area contributed by atoms with Gasteiger partial charge in [0.05, 0.1) is 24.3 Å². The molecule has 1 amide bonds. The van der Waals surface area contributed by atoms with E-state index in [4.69, 9.17) is 5.10 Å². The minimum atomic E-state index is -0.0544. The number of fused-ring (bicyclic) bond motifs is 1. The Labute approximate surface area is 146 Å². The molecule has 1 aliphatic rings. The highest BCUT2D eigenvalue weighted by Crippen LogP contribution is 2.39. The molecule has 25 heavy (non-hydrogen) atoms. The summed E-state index contributed by atoms with van der Waals surface area (Å²) in [4.78, 5) is 19.9. The SMILES string of the molecule is Cc1cccc(Cn2nc(C)c3c2NC(=O)CC3c2nc[nH]c2C)c1. The van der Waals surface area contributed by atoms with Crippen molar-refractivity contribution in [3.8, 4) is 0 Å². The van der Waals surface area contributed by atoms with Crippen LogP contribution in [0.25, 0.3) is 0 Å². The zero-order chi connectivity index (χ0) is 17.6. The maximum absolute atomic E-state index is 12.3. The Bertz CT molecular complexity index is 953. The number of aryl methyl sites for hydroxylation is 3. The number of aromatic nitrogens is 4. The Balaban J connectivity index is 1.78. The standard InChI is InChI=1S/C19H21N5O/c1-11-5-4-6-14(7-11)9-24-19-17(12(2)23-24)15(8-16(25)22-19)18-13(3)20-10-21-18/h4-7,10,15H,8-9H2,1-3H3,(H,20,21)(H,22,25). The molecule has 0 radical (unpaired) electrons. The van der Waals surface area contributed by atoms with Gasteiger partial charge in [0, 0.05) is 23.6 Å². The number of nitrogens with one attached hydrogen (secondary N) is 2. The maximum Gasteiger partial charge on any atom is 0.226 e. The number of hydrogen-bond acceptors (Lipinski definition) is 3. The summed E-state index contributed by atoms with van der Waals surface area (Å²) in [7, 11) is 0. The van der Waals surface area contributed by atoms with Crippen LogP contribution in [0, 0.1) is 20.8 Å². The summed E-state index contributed by atoms with van der Waals surface area (Å²) in [5.74, 6) is 0.745. The van der Waals surface area contributed by atoms with Crippen LogP contribution < -0.4 is 5.32 Å². The van der Waals surface area contributed by atoms with Gasteiger partial charge in [-0.15, -0.1) is 0 Å². The number of imidazole rings is 1. The zero-order valence-corrected chi connectivity index (χ0v) is 14.6. The van der Waals surface area contributed by atoms with Gasteiger partial charge in [-0.1, -0.05) is 29.8 Å². The summed E-state index contributed by atoms with van der Waals surface area (Å²) >= 11 is 0. The lowest BCUT2D eigenvalue weighted by Crippen LogP contribution is -2.25. The van der Waals surface area contributed by atoms with Gasteiger partial charge in [-0.05, 0) is 26.3 Å². The van der Waals surface area contributed by atoms with Crippen LogP contribution >= 0.6 is 0 Å². The molecule has 0 saturated heterocycles. The molecule has 1 atom stereocenters. The second-order valence-corrected chi connectivity index (χ2v) is 6.71. The Morgan fingerprint density at radius 1 is 1.28 bits per heavy atom. The number of aromatic amines is 1. The lowest BCUT2D eigenvalue weighted by molar-refractivity contribution is -0.116. The van der Waals surface area contributed by atoms with E-state index in [0.29, 0.717) is 13.0 Å². The van der Waals surface area contributed by atoms with Crippen molar-refractivity contribution < 1.29 is 4.79 Å². The lowest BCUT2D eigenvalue weighted by Gasteiger charge is -2.23. The van der Waals surface area contributed by atoms with Crippen LogP contribution in [0.3, 0.4) is 0 Å². The molecule has 0 bridgehead atoms. The van der Waals surface area contributed by atoms with Crippen LogP contribution in [-0.4, -0.2) is 25.7 Å². The van der Waals surface area contributed by atoms with E-state index in [-0.39, 0.29) is 11.8 Å². The fourth-order valence-electron chi connectivity index (χ4n) is 3.67. The summed E-state index contributed by atoms with van der Waals surface area (Å²) in [5.41, 5.74) is 6.31. The molecular formula is C19H21N5O. The van der Waals surface area contributed by atoms with Gasteiger partial charge < -0.3 is 10.3 Å². The van der Waals surface area contributed by atoms with Crippen molar-refractivity contribution in [1.29, 1.82) is 0 Å². The van der Waals surface area contributed by atoms with Crippen LogP contribution in [0.2, 0.25) is 0 Å². The van der Waals surface area contributed by atoms with E-state index in [1.165, 1.54) is 5.56 Å². The van der Waals surface area contributed by atoms with E-state index in [9.17, 15) is 4.79 Å². The van der Waals surface area contributed by atoms with Crippen molar-refractivity contribution in [3.63, 3.8) is 0 Å². The number of amides is 1. The number of carbonyl (C=O) groups is 1. The maximum atomic E-state index is 12.3. The van der Waals surface area contributed by atoms with Gasteiger partial charge in [0.15, 0.2) is 0 Å². The number of carbonyl (C=O) groups excluding carboxylic acids is 1. The largest absolute Gasteiger partial charge is 0.348 e. The zero-order valence-electron chi connectivity index (χ0n) is 14.6. The second-order valence-electron chi connectivity index (χ2n) is 6.71. The third-order valence-corrected chi connectivity index (χ3v) is 4.78. The first kappa shape index (κ1) is 15.6. The van der Waals surface area contributed by atoms with Crippen molar-refractivity contribution in [2.45, 2.75) is 39.7 Å². The van der Waals surface area contributed by atoms with Crippen LogP contribution in [-0.2, 0) is 11.3 Å². The van der Waals surface area contributed by atoms with E-state index in [1.807, 2.05) is 24.6 Å². The molecule has 2 N–H and O–H groups in total. The minimum Gasteiger partial charge on any atom is -0.348 e. The van der Waals surface area contributed by atoms with Gasteiger partial charge in [0.25, 0.3) is 0 Å². The molecule has 0 spiro atoms. The van der Waals surface area contributed by atoms with Crippen LogP contribution in [0.4, 0.5) is 5.82 Å². The molecule has 4 rings (SSSR count). The van der Waals surface area contributed by atoms with E-state index >= 15 is 0 Å². The molecule has 0 fully saturated rings. The molecule has 1 unspecified atom stereocenters. The van der Waals surface area contributed by atoms with Crippen LogP contribution in [0.5, 0.6) is 0 Å². The highest BCUT2D eigenvalue weighted by atomic mass is 16.1. The number of nitrogens with zero attached hydrogens (tertiary/aromatic N) is 3. The molecular weight excluding hydrogens is 314 g/mol. The first-order valence-corrected chi connectivity index (χ1v) is 8.45. The number of hydrogen-bond donors (Lipinski definition) is 2. The molecule has 1 aliphatic heterocycles. The van der Waals surface area contributed by atoms with Crippen LogP contribution in [0.1, 0.15) is 46.1 Å². The summed E-state index contributed by atoms with van der Waals surface area (Å²) in [5, 5.41) is 7.72. The molecule has 1 aromatic carbocycles. The van der Waals surface area contributed by atoms with Crippen molar-refractivity contribution in [2.24, 2.45) is 0 Å². The number of rotatable bonds is 3. The quantitative estimate of drug-likeness (QED) is 0.772. The van der Waals surface area contributed by atoms with Gasteiger partial charge in [0.2, 0.25) is 5.91 Å². The molecule has 2 aromatic heterocycles. The predicted octanol–water partition coefficient (Wildman–Crippen LogP) is 3.05. The van der Waals surface area contributed by atoms with E-state index in [1.54, 1.807) is 6.33 Å². The van der Waals surface area contributed by atoms with Crippen molar-refractivity contribution >= 4 is 11.7 Å². The highest BCUT2D eigenvalue weighted by molar-refractivity contribution is 5.94. The first-order valence-electron chi connectivity index (χ1n) is 8.45. The molecule has 0 saturated carbocycles. The van der Waals surface area contributed by atoms with Crippen molar-refractivity contribution in [1.82, 2.24) is 19.7 Å². The Morgan fingerprint density at radius 3 is 2.84 bits per heavy atom. The molecule has 6 heteroatoms. The first-order chi connectivity index (χ1) is 12.0. The molecule has 6 nitrogen and oxygen atoms in total. The Hall–Kier alpha value is -2.89. The number of H-pyrrole nitrogens is 1. The van der Waals surface area contributed by atoms with Gasteiger partial charge in [-0.2, -0.15) is 5.10 Å². The molecule has 0 aliphatic carbocycles. The molecule has 3 aromatic rings. The van der Waals surface area contributed by atoms with E-state index in [2.05, 4.69) is 40.4 Å². The lowest BCUT2D eigenvalue weighted by atomic mass is 9.88. The number of anilines is 1. The molecule has 128 valence electrons. The van der Waals surface area contributed by atoms with E-state index < -0.39 is 0 Å². The van der Waals surface area contributed by atoms with E-state index in [0.717, 1.165) is 34.0 Å². The summed E-state index contributed by atoms with van der Waals surface area (Å²) in [6.07, 6.45) is 2.08. The third kappa shape index (κ3) is 2.73. The van der Waals surface area contributed by atoms with Gasteiger partial charge in [-0.3, -0.25) is 4.79 Å². The average Bonchev–Trinajstić information content (AvgIpc) is 3.11. The molecule has 3 heterocycles. The summed E-state index contributed by atoms with van der Waals surface area (Å²) in [6, 6.07) is 8.34. The predicted molar refractivity (Wildman–Crippen MR) is 95.7 cm³/mol. The smallest absolute Gasteiger partial charge is 0.226 e. The topological polar surface area (TPSA) is 75.6 Å². The second kappa shape index (κ2) is 5.88. The van der Waals surface area contributed by atoms with Gasteiger partial charge in [-0.25, -0.2) is 9.67 Å². The summed E-state index contributed by atoms with van der Waals surface area (Å²) < 4.78 is 1.89. The Kier molecular flexibility index (Phi) is 3.67. The Morgan fingerprint density at radius 2 is 2.12 bits per heavy atom. The van der Waals surface area contributed by atoms with Crippen molar-refractivity contribution in [2.75, 3.05) is 5.32 Å². The normalized spacial score (nSPS) is 16.6. The van der Waals surface area contributed by atoms with Crippen LogP contribution in [0.15, 0.2) is 30.6 Å². The summed E-state index contributed by atoms with van der Waals surface area (Å²) in [6.45, 7) is 6.69. The van der Waals surface area contributed by atoms with Gasteiger partial charge >= 0.3 is 0 Å². The highest BCUT2D eigenvalue weighted by Gasteiger charge is 2.34. The van der Waals surface area contributed by atoms with Gasteiger partial charge in [0.1, 0.15) is 5.82 Å². The fourth-order valence-corrected chi connectivity index (χ4v) is 3.67. The fraction of sp³-hybridized carbons (Fsp3) is 0.316. The minimum absolute atomic E-state index is 0.00490. The van der Waals surface area contributed by atoms with Crippen molar-refractivity contribution in [3.05, 3.63) is 64.4 Å². The monoisotopic (exact) mass is 335 g/mol. The average molecular weight is 335 g/mol. The third-order valence-electron chi connectivity index (χ3n) is 4.78. The number of benzene rings is 1.